The number of nitrogens with zero attached hydrogens (tertiary/aromatic N) is 2. The number of carbonyl (C=O) groups is 1. The molecular formula is C20H21F4N3O2. The molecule has 2 aromatic carbocycles. The Balaban J connectivity index is 1.51. The first kappa shape index (κ1) is 20.9. The third-order valence-corrected chi connectivity index (χ3v) is 4.49. The van der Waals surface area contributed by atoms with Gasteiger partial charge in [-0.05, 0) is 24.3 Å². The van der Waals surface area contributed by atoms with Gasteiger partial charge in [-0.1, -0.05) is 24.3 Å². The van der Waals surface area contributed by atoms with Gasteiger partial charge in [0.25, 0.3) is 0 Å². The van der Waals surface area contributed by atoms with Crippen LogP contribution >= 0.6 is 0 Å². The highest BCUT2D eigenvalue weighted by Crippen LogP contribution is 2.26. The molecule has 9 heteroatoms. The van der Waals surface area contributed by atoms with E-state index in [0.717, 1.165) is 0 Å². The van der Waals surface area contributed by atoms with Gasteiger partial charge in [-0.25, -0.2) is 4.39 Å². The number of amides is 1. The average molecular weight is 411 g/mol. The van der Waals surface area contributed by atoms with E-state index < -0.39 is 12.8 Å². The highest BCUT2D eigenvalue weighted by Gasteiger charge is 2.29. The van der Waals surface area contributed by atoms with Crippen LogP contribution in [-0.2, 0) is 4.79 Å². The number of para-hydroxylation sites is 3. The number of piperazine rings is 1. The lowest BCUT2D eigenvalue weighted by molar-refractivity contribution is -0.153. The zero-order valence-electron chi connectivity index (χ0n) is 15.6. The van der Waals surface area contributed by atoms with Gasteiger partial charge >= 0.3 is 6.18 Å². The number of ether oxygens (including phenoxy) is 1. The quantitative estimate of drug-likeness (QED) is 0.739. The predicted molar refractivity (Wildman–Crippen MR) is 102 cm³/mol. The fourth-order valence-corrected chi connectivity index (χ4v) is 3.10. The third kappa shape index (κ3) is 6.08. The number of halogens is 4. The minimum absolute atomic E-state index is 0.0393. The molecule has 1 heterocycles. The molecule has 0 aliphatic carbocycles. The van der Waals surface area contributed by atoms with Crippen molar-refractivity contribution in [2.75, 3.05) is 49.5 Å². The highest BCUT2D eigenvalue weighted by molar-refractivity contribution is 5.93. The Morgan fingerprint density at radius 1 is 1.00 bits per heavy atom. The van der Waals surface area contributed by atoms with Crippen molar-refractivity contribution in [3.05, 3.63) is 54.3 Å². The Bertz CT molecular complexity index is 836. The minimum Gasteiger partial charge on any atom is -0.482 e. The van der Waals surface area contributed by atoms with E-state index in [1.165, 1.54) is 24.3 Å². The number of hydrogen-bond acceptors (Lipinski definition) is 4. The lowest BCUT2D eigenvalue weighted by Crippen LogP contribution is -2.48. The number of benzene rings is 2. The summed E-state index contributed by atoms with van der Waals surface area (Å²) < 4.78 is 55.8. The van der Waals surface area contributed by atoms with Crippen LogP contribution in [0.2, 0.25) is 0 Å². The second-order valence-corrected chi connectivity index (χ2v) is 6.66. The standard InChI is InChI=1S/C20H21F4N3O2/c21-15-5-1-3-7-17(15)27-11-9-26(10-12-27)13-19(28)25-16-6-2-4-8-18(16)29-14-20(22,23)24/h1-8H,9-14H2,(H,25,28). The molecule has 0 spiro atoms. The molecule has 0 bridgehead atoms. The molecule has 0 saturated carbocycles. The number of rotatable bonds is 6. The van der Waals surface area contributed by atoms with Gasteiger partial charge in [0, 0.05) is 26.2 Å². The van der Waals surface area contributed by atoms with E-state index in [9.17, 15) is 22.4 Å². The van der Waals surface area contributed by atoms with Gasteiger partial charge in [-0.3, -0.25) is 9.69 Å². The fraction of sp³-hybridized carbons (Fsp3) is 0.350. The molecule has 1 aliphatic rings. The van der Waals surface area contributed by atoms with Gasteiger partial charge in [0.15, 0.2) is 6.61 Å². The van der Waals surface area contributed by atoms with Crippen LogP contribution in [0.4, 0.5) is 28.9 Å². The summed E-state index contributed by atoms with van der Waals surface area (Å²) in [6.07, 6.45) is -4.46. The lowest BCUT2D eigenvalue weighted by Gasteiger charge is -2.35. The van der Waals surface area contributed by atoms with Crippen LogP contribution in [-0.4, -0.2) is 56.3 Å². The summed E-state index contributed by atoms with van der Waals surface area (Å²) in [6.45, 7) is 0.914. The molecule has 1 saturated heterocycles. The van der Waals surface area contributed by atoms with E-state index in [-0.39, 0.29) is 29.7 Å². The molecule has 5 nitrogen and oxygen atoms in total. The Labute approximate surface area is 165 Å². The minimum atomic E-state index is -4.46. The van der Waals surface area contributed by atoms with Crippen molar-refractivity contribution in [1.29, 1.82) is 0 Å². The first-order valence-electron chi connectivity index (χ1n) is 9.12. The third-order valence-electron chi connectivity index (χ3n) is 4.49. The normalized spacial score (nSPS) is 15.2. The zero-order valence-corrected chi connectivity index (χ0v) is 15.6. The second-order valence-electron chi connectivity index (χ2n) is 6.66. The van der Waals surface area contributed by atoms with Crippen LogP contribution in [0.3, 0.4) is 0 Å². The maximum Gasteiger partial charge on any atom is 0.422 e. The number of hydrogen-bond donors (Lipinski definition) is 1. The first-order chi connectivity index (χ1) is 13.8. The van der Waals surface area contributed by atoms with Gasteiger partial charge in [-0.15, -0.1) is 0 Å². The predicted octanol–water partition coefficient (Wildman–Crippen LogP) is 3.53. The van der Waals surface area contributed by atoms with Crippen molar-refractivity contribution in [1.82, 2.24) is 4.90 Å². The molecule has 3 rings (SSSR count). The summed E-state index contributed by atoms with van der Waals surface area (Å²) in [5.74, 6) is -0.677. The number of carbonyl (C=O) groups excluding carboxylic acids is 1. The van der Waals surface area contributed by atoms with E-state index in [2.05, 4.69) is 5.32 Å². The first-order valence-corrected chi connectivity index (χ1v) is 9.12. The van der Waals surface area contributed by atoms with E-state index in [1.807, 2.05) is 9.80 Å². The van der Waals surface area contributed by atoms with Crippen molar-refractivity contribution < 1.29 is 27.1 Å². The Kier molecular flexibility index (Phi) is 6.58. The van der Waals surface area contributed by atoms with Gasteiger partial charge in [0.1, 0.15) is 11.6 Å². The number of nitrogens with one attached hydrogen (secondary N) is 1. The van der Waals surface area contributed by atoms with E-state index in [1.54, 1.807) is 24.3 Å². The van der Waals surface area contributed by atoms with Crippen molar-refractivity contribution in [2.45, 2.75) is 6.18 Å². The monoisotopic (exact) mass is 411 g/mol. The summed E-state index contributed by atoms with van der Waals surface area (Å²) in [7, 11) is 0. The average Bonchev–Trinajstić information content (AvgIpc) is 2.68. The topological polar surface area (TPSA) is 44.8 Å². The summed E-state index contributed by atoms with van der Waals surface area (Å²) >= 11 is 0. The summed E-state index contributed by atoms with van der Waals surface area (Å²) in [4.78, 5) is 16.2. The summed E-state index contributed by atoms with van der Waals surface area (Å²) in [5.41, 5.74) is 0.721. The molecular weight excluding hydrogens is 390 g/mol. The van der Waals surface area contributed by atoms with Gasteiger partial charge in [0.2, 0.25) is 5.91 Å². The van der Waals surface area contributed by atoms with Crippen LogP contribution in [0, 0.1) is 5.82 Å². The Morgan fingerprint density at radius 2 is 1.66 bits per heavy atom. The van der Waals surface area contributed by atoms with Gasteiger partial charge in [0.05, 0.1) is 17.9 Å². The molecule has 0 unspecified atom stereocenters. The molecule has 1 fully saturated rings. The SMILES string of the molecule is O=C(CN1CCN(c2ccccc2F)CC1)Nc1ccccc1OCC(F)(F)F. The number of anilines is 2. The zero-order chi connectivity index (χ0) is 20.9. The van der Waals surface area contributed by atoms with Crippen LogP contribution in [0.1, 0.15) is 0 Å². The summed E-state index contributed by atoms with van der Waals surface area (Å²) in [6, 6.07) is 12.5. The largest absolute Gasteiger partial charge is 0.482 e. The molecule has 156 valence electrons. The maximum absolute atomic E-state index is 13.9. The van der Waals surface area contributed by atoms with E-state index >= 15 is 0 Å². The summed E-state index contributed by atoms with van der Waals surface area (Å²) in [5, 5.41) is 2.60. The molecule has 0 aromatic heterocycles. The molecule has 2 aromatic rings. The van der Waals surface area contributed by atoms with Crippen LogP contribution < -0.4 is 15.0 Å². The highest BCUT2D eigenvalue weighted by atomic mass is 19.4. The molecule has 1 aliphatic heterocycles. The van der Waals surface area contributed by atoms with Crippen molar-refractivity contribution in [3.63, 3.8) is 0 Å². The van der Waals surface area contributed by atoms with Crippen LogP contribution in [0.5, 0.6) is 5.75 Å². The molecule has 0 radical (unpaired) electrons. The van der Waals surface area contributed by atoms with E-state index in [4.69, 9.17) is 4.74 Å². The van der Waals surface area contributed by atoms with Gasteiger partial charge in [-0.2, -0.15) is 13.2 Å². The molecule has 29 heavy (non-hydrogen) atoms. The maximum atomic E-state index is 13.9. The fourth-order valence-electron chi connectivity index (χ4n) is 3.10. The molecule has 1 amide bonds. The van der Waals surface area contributed by atoms with Crippen molar-refractivity contribution in [3.8, 4) is 5.75 Å². The van der Waals surface area contributed by atoms with Crippen LogP contribution in [0.15, 0.2) is 48.5 Å². The van der Waals surface area contributed by atoms with Crippen molar-refractivity contribution >= 4 is 17.3 Å². The van der Waals surface area contributed by atoms with Crippen LogP contribution in [0.25, 0.3) is 0 Å². The number of alkyl halides is 3. The second kappa shape index (κ2) is 9.13. The smallest absolute Gasteiger partial charge is 0.422 e. The molecule has 1 N–H and O–H groups in total. The van der Waals surface area contributed by atoms with Gasteiger partial charge < -0.3 is 15.0 Å². The lowest BCUT2D eigenvalue weighted by atomic mass is 10.2. The van der Waals surface area contributed by atoms with Crippen molar-refractivity contribution in [2.24, 2.45) is 0 Å². The Hall–Kier alpha value is -2.81. The molecule has 0 atom stereocenters. The Morgan fingerprint density at radius 3 is 2.34 bits per heavy atom. The van der Waals surface area contributed by atoms with E-state index in [0.29, 0.717) is 31.9 Å².